The Balaban J connectivity index is 1.93. The van der Waals surface area contributed by atoms with Crippen LogP contribution in [0.15, 0.2) is 59.8 Å². The number of nitro benzene ring substituents is 1. The Labute approximate surface area is 145 Å². The first-order valence-corrected chi connectivity index (χ1v) is 7.35. The SMILES string of the molecule is O=[N+]([O-])c1ccccc1/C=N/Nc1ccnc2ccc(C(F)(F)F)cc12. The van der Waals surface area contributed by atoms with Crippen LogP contribution in [-0.2, 0) is 6.18 Å². The molecule has 0 fully saturated rings. The van der Waals surface area contributed by atoms with E-state index in [1.165, 1.54) is 42.7 Å². The highest BCUT2D eigenvalue weighted by Gasteiger charge is 2.30. The third-order valence-corrected chi connectivity index (χ3v) is 3.59. The lowest BCUT2D eigenvalue weighted by Gasteiger charge is -2.10. The van der Waals surface area contributed by atoms with Crippen LogP contribution in [0.1, 0.15) is 11.1 Å². The summed E-state index contributed by atoms with van der Waals surface area (Å²) < 4.78 is 38.7. The van der Waals surface area contributed by atoms with Crippen LogP contribution < -0.4 is 5.43 Å². The number of nitro groups is 1. The number of nitrogens with one attached hydrogen (secondary N) is 1. The first kappa shape index (κ1) is 17.3. The zero-order valence-corrected chi connectivity index (χ0v) is 13.1. The van der Waals surface area contributed by atoms with E-state index in [2.05, 4.69) is 15.5 Å². The molecule has 1 aromatic heterocycles. The highest BCUT2D eigenvalue weighted by Crippen LogP contribution is 2.33. The van der Waals surface area contributed by atoms with Gasteiger partial charge in [0.2, 0.25) is 0 Å². The molecule has 3 rings (SSSR count). The van der Waals surface area contributed by atoms with Gasteiger partial charge in [-0.15, -0.1) is 0 Å². The Hall–Kier alpha value is -3.49. The molecule has 0 bridgehead atoms. The molecule has 1 N–H and O–H groups in total. The summed E-state index contributed by atoms with van der Waals surface area (Å²) in [6.45, 7) is 0. The largest absolute Gasteiger partial charge is 0.416 e. The number of nitrogens with zero attached hydrogens (tertiary/aromatic N) is 3. The molecule has 0 aliphatic rings. The van der Waals surface area contributed by atoms with Gasteiger partial charge in [0.25, 0.3) is 5.69 Å². The summed E-state index contributed by atoms with van der Waals surface area (Å²) >= 11 is 0. The number of alkyl halides is 3. The molecule has 26 heavy (non-hydrogen) atoms. The van der Waals surface area contributed by atoms with Crippen LogP contribution >= 0.6 is 0 Å². The monoisotopic (exact) mass is 360 g/mol. The number of fused-ring (bicyclic) bond motifs is 1. The molecule has 6 nitrogen and oxygen atoms in total. The van der Waals surface area contributed by atoms with Crippen LogP contribution in [0.4, 0.5) is 24.5 Å². The number of hydrogen-bond donors (Lipinski definition) is 1. The van der Waals surface area contributed by atoms with Gasteiger partial charge in [-0.3, -0.25) is 20.5 Å². The van der Waals surface area contributed by atoms with Crippen LogP contribution in [0.25, 0.3) is 10.9 Å². The van der Waals surface area contributed by atoms with E-state index in [0.29, 0.717) is 11.2 Å². The maximum Gasteiger partial charge on any atom is 0.416 e. The average molecular weight is 360 g/mol. The van der Waals surface area contributed by atoms with Crippen molar-refractivity contribution in [2.24, 2.45) is 5.10 Å². The van der Waals surface area contributed by atoms with E-state index in [1.54, 1.807) is 6.07 Å². The molecule has 0 amide bonds. The molecule has 0 spiro atoms. The fourth-order valence-electron chi connectivity index (χ4n) is 2.35. The van der Waals surface area contributed by atoms with E-state index in [0.717, 1.165) is 12.1 Å². The van der Waals surface area contributed by atoms with E-state index >= 15 is 0 Å². The van der Waals surface area contributed by atoms with Crippen molar-refractivity contribution < 1.29 is 18.1 Å². The zero-order chi connectivity index (χ0) is 18.7. The summed E-state index contributed by atoms with van der Waals surface area (Å²) in [5, 5.41) is 15.1. The first-order chi connectivity index (χ1) is 12.4. The quantitative estimate of drug-likeness (QED) is 0.419. The third-order valence-electron chi connectivity index (χ3n) is 3.59. The van der Waals surface area contributed by atoms with Gasteiger partial charge >= 0.3 is 6.18 Å². The predicted molar refractivity (Wildman–Crippen MR) is 91.1 cm³/mol. The van der Waals surface area contributed by atoms with Crippen molar-refractivity contribution in [1.82, 2.24) is 4.98 Å². The topological polar surface area (TPSA) is 80.4 Å². The van der Waals surface area contributed by atoms with Gasteiger partial charge in [0.15, 0.2) is 0 Å². The van der Waals surface area contributed by atoms with E-state index in [4.69, 9.17) is 0 Å². The standard InChI is InChI=1S/C17H11F3N4O2/c18-17(19,20)12-5-6-14-13(9-12)15(7-8-21-14)23-22-10-11-3-1-2-4-16(11)24(25)26/h1-10H,(H,21,23)/b22-10+. The van der Waals surface area contributed by atoms with E-state index in [1.807, 2.05) is 0 Å². The molecule has 0 saturated heterocycles. The lowest BCUT2D eigenvalue weighted by atomic mass is 10.1. The van der Waals surface area contributed by atoms with Crippen molar-refractivity contribution in [1.29, 1.82) is 0 Å². The summed E-state index contributed by atoms with van der Waals surface area (Å²) in [4.78, 5) is 14.4. The van der Waals surface area contributed by atoms with Crippen molar-refractivity contribution >= 4 is 28.5 Å². The molecule has 0 saturated carbocycles. The van der Waals surface area contributed by atoms with Gasteiger partial charge < -0.3 is 0 Å². The molecule has 9 heteroatoms. The van der Waals surface area contributed by atoms with Crippen molar-refractivity contribution in [3.8, 4) is 0 Å². The van der Waals surface area contributed by atoms with Crippen LogP contribution in [0.5, 0.6) is 0 Å². The molecule has 0 atom stereocenters. The van der Waals surface area contributed by atoms with Crippen LogP contribution in [0, 0.1) is 10.1 Å². The number of hydrazone groups is 1. The highest BCUT2D eigenvalue weighted by molar-refractivity contribution is 5.92. The Bertz CT molecular complexity index is 1000. The fourth-order valence-corrected chi connectivity index (χ4v) is 2.35. The van der Waals surface area contributed by atoms with E-state index in [9.17, 15) is 23.3 Å². The van der Waals surface area contributed by atoms with Gasteiger partial charge in [0.1, 0.15) is 0 Å². The smallest absolute Gasteiger partial charge is 0.278 e. The summed E-state index contributed by atoms with van der Waals surface area (Å²) in [5.74, 6) is 0. The Morgan fingerprint density at radius 3 is 2.65 bits per heavy atom. The van der Waals surface area contributed by atoms with Crippen LogP contribution in [0.2, 0.25) is 0 Å². The number of hydrogen-bond acceptors (Lipinski definition) is 5. The molecule has 132 valence electrons. The number of anilines is 1. The molecular formula is C17H11F3N4O2. The van der Waals surface area contributed by atoms with Gasteiger partial charge in [-0.2, -0.15) is 18.3 Å². The molecule has 0 aliphatic carbocycles. The van der Waals surface area contributed by atoms with Crippen LogP contribution in [-0.4, -0.2) is 16.1 Å². The van der Waals surface area contributed by atoms with Gasteiger partial charge in [0.05, 0.1) is 33.5 Å². The third kappa shape index (κ3) is 3.61. The maximum absolute atomic E-state index is 12.9. The zero-order valence-electron chi connectivity index (χ0n) is 13.1. The Morgan fingerprint density at radius 2 is 1.92 bits per heavy atom. The molecule has 0 unspecified atom stereocenters. The number of benzene rings is 2. The van der Waals surface area contributed by atoms with Crippen molar-refractivity contribution in [2.45, 2.75) is 6.18 Å². The molecular weight excluding hydrogens is 349 g/mol. The lowest BCUT2D eigenvalue weighted by Crippen LogP contribution is -2.05. The first-order valence-electron chi connectivity index (χ1n) is 7.35. The second-order valence-corrected chi connectivity index (χ2v) is 5.27. The van der Waals surface area contributed by atoms with Gasteiger partial charge in [-0.05, 0) is 30.3 Å². The minimum absolute atomic E-state index is 0.128. The summed E-state index contributed by atoms with van der Waals surface area (Å²) in [6.07, 6.45) is -1.81. The Morgan fingerprint density at radius 1 is 1.15 bits per heavy atom. The van der Waals surface area contributed by atoms with E-state index < -0.39 is 16.7 Å². The number of halogens is 3. The van der Waals surface area contributed by atoms with Gasteiger partial charge in [-0.1, -0.05) is 12.1 Å². The lowest BCUT2D eigenvalue weighted by molar-refractivity contribution is -0.385. The summed E-state index contributed by atoms with van der Waals surface area (Å²) in [5.41, 5.74) is 2.62. The van der Waals surface area contributed by atoms with Crippen molar-refractivity contribution in [3.63, 3.8) is 0 Å². The predicted octanol–water partition coefficient (Wildman–Crippen LogP) is 4.61. The summed E-state index contributed by atoms with van der Waals surface area (Å²) in [6, 6.07) is 10.7. The normalized spacial score (nSPS) is 11.8. The molecule has 0 radical (unpaired) electrons. The van der Waals surface area contributed by atoms with Crippen molar-refractivity contribution in [3.05, 3.63) is 76.0 Å². The number of pyridine rings is 1. The number of aromatic nitrogens is 1. The fraction of sp³-hybridized carbons (Fsp3) is 0.0588. The Kier molecular flexibility index (Phi) is 4.53. The molecule has 2 aromatic carbocycles. The minimum Gasteiger partial charge on any atom is -0.278 e. The molecule has 1 heterocycles. The average Bonchev–Trinajstić information content (AvgIpc) is 2.61. The molecule has 3 aromatic rings. The van der Waals surface area contributed by atoms with Gasteiger partial charge in [0, 0.05) is 17.6 Å². The summed E-state index contributed by atoms with van der Waals surface area (Å²) in [7, 11) is 0. The van der Waals surface area contributed by atoms with Crippen LogP contribution in [0.3, 0.4) is 0 Å². The minimum atomic E-state index is -4.48. The van der Waals surface area contributed by atoms with Crippen molar-refractivity contribution in [2.75, 3.05) is 5.43 Å². The maximum atomic E-state index is 12.9. The second kappa shape index (κ2) is 6.79. The second-order valence-electron chi connectivity index (χ2n) is 5.27. The number of para-hydroxylation sites is 1. The highest BCUT2D eigenvalue weighted by atomic mass is 19.4. The van der Waals surface area contributed by atoms with E-state index in [-0.39, 0.29) is 16.6 Å². The molecule has 0 aliphatic heterocycles. The number of rotatable bonds is 4. The van der Waals surface area contributed by atoms with Gasteiger partial charge in [-0.25, -0.2) is 0 Å².